The lowest BCUT2D eigenvalue weighted by molar-refractivity contribution is 1.03. The topological polar surface area (TPSA) is 63.0 Å². The van der Waals surface area contributed by atoms with Gasteiger partial charge in [0.25, 0.3) is 5.56 Å². The van der Waals surface area contributed by atoms with Crippen molar-refractivity contribution >= 4 is 28.4 Å². The summed E-state index contributed by atoms with van der Waals surface area (Å²) >= 11 is 6.10. The van der Waals surface area contributed by atoms with Crippen LogP contribution in [0.25, 0.3) is 16.8 Å². The molecule has 0 bridgehead atoms. The molecule has 6 heteroatoms. The third-order valence-electron chi connectivity index (χ3n) is 2.57. The Bertz CT molecular complexity index is 802. The third-order valence-corrected chi connectivity index (χ3v) is 2.85. The predicted octanol–water partition coefficient (Wildman–Crippen LogP) is 1.84. The number of aromatic amines is 1. The highest BCUT2D eigenvalue weighted by Crippen LogP contribution is 2.21. The molecule has 0 fully saturated rings. The van der Waals surface area contributed by atoms with Crippen LogP contribution in [0.2, 0.25) is 5.02 Å². The number of H-pyrrole nitrogens is 1. The van der Waals surface area contributed by atoms with Crippen LogP contribution in [0.3, 0.4) is 0 Å². The molecule has 0 radical (unpaired) electrons. The summed E-state index contributed by atoms with van der Waals surface area (Å²) in [5.74, 6) is 0.557. The number of aromatic nitrogens is 4. The fourth-order valence-electron chi connectivity index (χ4n) is 1.89. The maximum Gasteiger partial charge on any atom is 0.279 e. The van der Waals surface area contributed by atoms with Gasteiger partial charge in [-0.25, -0.2) is 9.97 Å². The largest absolute Gasteiger partial charge is 0.309 e. The highest BCUT2D eigenvalue weighted by atomic mass is 35.5. The zero-order chi connectivity index (χ0) is 12.2. The van der Waals surface area contributed by atoms with Crippen LogP contribution in [-0.4, -0.2) is 19.4 Å². The Balaban J connectivity index is 2.65. The molecule has 5 nitrogen and oxygen atoms in total. The second-order valence-corrected chi connectivity index (χ2v) is 4.40. The minimum atomic E-state index is -0.245. The summed E-state index contributed by atoms with van der Waals surface area (Å²) in [6.07, 6.45) is 1.86. The van der Waals surface area contributed by atoms with Crippen molar-refractivity contribution in [3.05, 3.63) is 39.0 Å². The molecule has 0 unspecified atom stereocenters. The Hall–Kier alpha value is -1.88. The molecule has 0 aliphatic carbocycles. The number of imidazole rings is 1. The van der Waals surface area contributed by atoms with Crippen LogP contribution in [0.15, 0.2) is 17.1 Å². The van der Waals surface area contributed by atoms with E-state index in [0.717, 1.165) is 5.56 Å². The molecule has 0 saturated carbocycles. The predicted molar refractivity (Wildman–Crippen MR) is 65.6 cm³/mol. The number of rotatable bonds is 0. The summed E-state index contributed by atoms with van der Waals surface area (Å²) < 4.78 is 1.75. The first-order valence-electron chi connectivity index (χ1n) is 5.11. The first-order chi connectivity index (χ1) is 8.06. The molecular formula is C11H9ClN4O. The Morgan fingerprint density at radius 1 is 1.29 bits per heavy atom. The molecule has 0 saturated heterocycles. The van der Waals surface area contributed by atoms with E-state index >= 15 is 0 Å². The van der Waals surface area contributed by atoms with Gasteiger partial charge in [0.15, 0.2) is 16.8 Å². The zero-order valence-corrected chi connectivity index (χ0v) is 10.0. The molecule has 3 aromatic heterocycles. The number of hydrogen-bond acceptors (Lipinski definition) is 3. The van der Waals surface area contributed by atoms with E-state index in [1.807, 2.05) is 19.2 Å². The molecule has 86 valence electrons. The minimum absolute atomic E-state index is 0.245. The normalized spacial score (nSPS) is 11.5. The van der Waals surface area contributed by atoms with Gasteiger partial charge in [-0.2, -0.15) is 0 Å². The lowest BCUT2D eigenvalue weighted by Crippen LogP contribution is -2.09. The smallest absolute Gasteiger partial charge is 0.279 e. The van der Waals surface area contributed by atoms with E-state index in [-0.39, 0.29) is 5.56 Å². The maximum absolute atomic E-state index is 11.8. The fraction of sp³-hybridized carbons (Fsp3) is 0.182. The van der Waals surface area contributed by atoms with Gasteiger partial charge in [0.2, 0.25) is 0 Å². The Labute approximate surface area is 101 Å². The van der Waals surface area contributed by atoms with Gasteiger partial charge < -0.3 is 4.98 Å². The van der Waals surface area contributed by atoms with Gasteiger partial charge in [0, 0.05) is 6.20 Å². The monoisotopic (exact) mass is 248 g/mol. The van der Waals surface area contributed by atoms with E-state index in [1.54, 1.807) is 11.3 Å². The molecule has 0 aromatic carbocycles. The Morgan fingerprint density at radius 2 is 2.06 bits per heavy atom. The van der Waals surface area contributed by atoms with Crippen molar-refractivity contribution in [3.8, 4) is 0 Å². The average molecular weight is 249 g/mol. The molecule has 0 aliphatic heterocycles. The molecular weight excluding hydrogens is 240 g/mol. The second-order valence-electron chi connectivity index (χ2n) is 3.99. The quantitative estimate of drug-likeness (QED) is 0.660. The van der Waals surface area contributed by atoms with Crippen LogP contribution < -0.4 is 5.56 Å². The van der Waals surface area contributed by atoms with Gasteiger partial charge in [-0.3, -0.25) is 9.20 Å². The van der Waals surface area contributed by atoms with Gasteiger partial charge in [0.05, 0.1) is 5.02 Å². The lowest BCUT2D eigenvalue weighted by Gasteiger charge is -1.99. The number of halogens is 1. The van der Waals surface area contributed by atoms with E-state index in [4.69, 9.17) is 11.6 Å². The summed E-state index contributed by atoms with van der Waals surface area (Å²) in [5, 5.41) is 0.514. The number of pyridine rings is 1. The summed E-state index contributed by atoms with van der Waals surface area (Å²) in [5.41, 5.74) is 2.14. The summed E-state index contributed by atoms with van der Waals surface area (Å²) in [6, 6.07) is 1.81. The molecule has 3 rings (SSSR count). The van der Waals surface area contributed by atoms with E-state index in [2.05, 4.69) is 15.0 Å². The maximum atomic E-state index is 11.8. The standard InChI is InChI=1S/C11H9ClN4O/c1-5-3-7(12)9-15-8-10(16(9)4-5)13-6(2)14-11(8)17/h3-4H,1-2H3,(H,13,14,17). The molecule has 0 amide bonds. The average Bonchev–Trinajstić information content (AvgIpc) is 2.58. The van der Waals surface area contributed by atoms with Crippen molar-refractivity contribution in [2.45, 2.75) is 13.8 Å². The Morgan fingerprint density at radius 3 is 2.82 bits per heavy atom. The number of nitrogens with one attached hydrogen (secondary N) is 1. The van der Waals surface area contributed by atoms with Crippen molar-refractivity contribution in [2.75, 3.05) is 0 Å². The van der Waals surface area contributed by atoms with Crippen LogP contribution in [0, 0.1) is 13.8 Å². The van der Waals surface area contributed by atoms with Crippen molar-refractivity contribution in [2.24, 2.45) is 0 Å². The SMILES string of the molecule is Cc1cc(Cl)c2nc3c(=O)[nH]c(C)nc3n2c1. The molecule has 1 N–H and O–H groups in total. The Kier molecular flexibility index (Phi) is 2.00. The van der Waals surface area contributed by atoms with Crippen molar-refractivity contribution in [1.82, 2.24) is 19.4 Å². The molecule has 3 aromatic rings. The van der Waals surface area contributed by atoms with Gasteiger partial charge in [-0.15, -0.1) is 0 Å². The van der Waals surface area contributed by atoms with E-state index in [9.17, 15) is 4.79 Å². The molecule has 0 atom stereocenters. The second kappa shape index (κ2) is 3.30. The summed E-state index contributed by atoms with van der Waals surface area (Å²) in [4.78, 5) is 22.9. The van der Waals surface area contributed by atoms with Crippen LogP contribution in [0.1, 0.15) is 11.4 Å². The fourth-order valence-corrected chi connectivity index (χ4v) is 2.20. The summed E-state index contributed by atoms with van der Waals surface area (Å²) in [7, 11) is 0. The van der Waals surface area contributed by atoms with E-state index in [1.165, 1.54) is 0 Å². The number of aryl methyl sites for hydroxylation is 2. The molecule has 0 spiro atoms. The first-order valence-corrected chi connectivity index (χ1v) is 5.49. The zero-order valence-electron chi connectivity index (χ0n) is 9.28. The van der Waals surface area contributed by atoms with Crippen LogP contribution >= 0.6 is 11.6 Å². The van der Waals surface area contributed by atoms with Crippen LogP contribution in [0.5, 0.6) is 0 Å². The highest BCUT2D eigenvalue weighted by Gasteiger charge is 2.12. The number of nitrogens with zero attached hydrogens (tertiary/aromatic N) is 3. The van der Waals surface area contributed by atoms with E-state index < -0.39 is 0 Å². The van der Waals surface area contributed by atoms with Gasteiger partial charge in [-0.1, -0.05) is 11.6 Å². The van der Waals surface area contributed by atoms with Crippen molar-refractivity contribution in [1.29, 1.82) is 0 Å². The molecule has 3 heterocycles. The van der Waals surface area contributed by atoms with Crippen LogP contribution in [-0.2, 0) is 0 Å². The summed E-state index contributed by atoms with van der Waals surface area (Å²) in [6.45, 7) is 3.66. The number of hydrogen-bond donors (Lipinski definition) is 1. The van der Waals surface area contributed by atoms with Gasteiger partial charge in [0.1, 0.15) is 5.82 Å². The molecule has 0 aliphatic rings. The minimum Gasteiger partial charge on any atom is -0.309 e. The third kappa shape index (κ3) is 1.43. The van der Waals surface area contributed by atoms with Gasteiger partial charge >= 0.3 is 0 Å². The first kappa shape index (κ1) is 10.3. The van der Waals surface area contributed by atoms with Crippen molar-refractivity contribution in [3.63, 3.8) is 0 Å². The lowest BCUT2D eigenvalue weighted by atomic mass is 10.3. The van der Waals surface area contributed by atoms with Gasteiger partial charge in [-0.05, 0) is 25.5 Å². The highest BCUT2D eigenvalue weighted by molar-refractivity contribution is 6.33. The number of fused-ring (bicyclic) bond motifs is 3. The van der Waals surface area contributed by atoms with E-state index in [0.29, 0.717) is 27.7 Å². The van der Waals surface area contributed by atoms with Crippen LogP contribution in [0.4, 0.5) is 0 Å². The molecule has 17 heavy (non-hydrogen) atoms. The van der Waals surface area contributed by atoms with Crippen molar-refractivity contribution < 1.29 is 0 Å².